The van der Waals surface area contributed by atoms with Crippen molar-refractivity contribution in [2.75, 3.05) is 26.3 Å². The minimum atomic E-state index is -0.761. The smallest absolute Gasteiger partial charge is 0.288 e. The summed E-state index contributed by atoms with van der Waals surface area (Å²) in [5.74, 6) is 0.372. The molecule has 0 spiro atoms. The molecule has 1 saturated heterocycles. The average Bonchev–Trinajstić information content (AvgIpc) is 3.33. The Morgan fingerprint density at radius 3 is 2.85 bits per heavy atom. The molecule has 4 rings (SSSR count). The molecule has 1 aliphatic heterocycles. The van der Waals surface area contributed by atoms with Crippen LogP contribution in [0, 0.1) is 0 Å². The van der Waals surface area contributed by atoms with E-state index in [9.17, 15) is 9.90 Å². The maximum Gasteiger partial charge on any atom is 0.288 e. The third kappa shape index (κ3) is 3.95. The highest BCUT2D eigenvalue weighted by Crippen LogP contribution is 2.30. The van der Waals surface area contributed by atoms with Crippen molar-refractivity contribution in [1.82, 2.24) is 20.2 Å². The van der Waals surface area contributed by atoms with E-state index in [0.717, 1.165) is 0 Å². The number of nitrogens with zero attached hydrogens (tertiary/aromatic N) is 3. The third-order valence-electron chi connectivity index (χ3n) is 4.99. The van der Waals surface area contributed by atoms with Gasteiger partial charge in [0.25, 0.3) is 5.91 Å². The fourth-order valence-electron chi connectivity index (χ4n) is 3.75. The van der Waals surface area contributed by atoms with Crippen LogP contribution in [0.1, 0.15) is 17.0 Å². The van der Waals surface area contributed by atoms with E-state index in [1.807, 2.05) is 0 Å². The zero-order valence-electron chi connectivity index (χ0n) is 14.7. The molecular weight excluding hydrogens is 352 g/mol. The van der Waals surface area contributed by atoms with Gasteiger partial charge in [-0.1, -0.05) is 0 Å². The van der Waals surface area contributed by atoms with Gasteiger partial charge in [-0.3, -0.25) is 14.7 Å². The number of ether oxygens (including phenoxy) is 2. The first-order valence-electron chi connectivity index (χ1n) is 8.98. The number of rotatable bonds is 5. The molecule has 0 radical (unpaired) electrons. The summed E-state index contributed by atoms with van der Waals surface area (Å²) in [5, 5.41) is 13.9. The van der Waals surface area contributed by atoms with Crippen LogP contribution in [0.25, 0.3) is 0 Å². The lowest BCUT2D eigenvalue weighted by Gasteiger charge is -2.37. The number of nitrogens with one attached hydrogen (secondary N) is 1. The zero-order chi connectivity index (χ0) is 18.6. The Kier molecular flexibility index (Phi) is 5.33. The molecule has 27 heavy (non-hydrogen) atoms. The summed E-state index contributed by atoms with van der Waals surface area (Å²) < 4.78 is 16.4. The molecule has 0 bridgehead atoms. The number of morpholine rings is 1. The number of hydrogen-bond acceptors (Lipinski definition) is 8. The van der Waals surface area contributed by atoms with Gasteiger partial charge < -0.3 is 24.3 Å². The van der Waals surface area contributed by atoms with Crippen LogP contribution >= 0.6 is 0 Å². The highest BCUT2D eigenvalue weighted by Gasteiger charge is 2.47. The summed E-state index contributed by atoms with van der Waals surface area (Å²) in [6, 6.07) is 3.00. The van der Waals surface area contributed by atoms with Crippen LogP contribution in [0.15, 0.2) is 41.5 Å². The Bertz CT molecular complexity index is 735. The van der Waals surface area contributed by atoms with Crippen LogP contribution in [0.5, 0.6) is 5.75 Å². The topological polar surface area (TPSA) is 110 Å². The summed E-state index contributed by atoms with van der Waals surface area (Å²) in [7, 11) is 0. The molecule has 4 atom stereocenters. The first-order chi connectivity index (χ1) is 13.2. The van der Waals surface area contributed by atoms with Gasteiger partial charge in [-0.2, -0.15) is 0 Å². The highest BCUT2D eigenvalue weighted by atomic mass is 16.5. The summed E-state index contributed by atoms with van der Waals surface area (Å²) in [6.07, 6.45) is 5.11. The number of carbonyl (C=O) groups is 1. The van der Waals surface area contributed by atoms with Gasteiger partial charge in [-0.05, 0) is 12.1 Å². The average molecular weight is 374 g/mol. The minimum absolute atomic E-state index is 0.141. The Hall–Kier alpha value is -2.49. The van der Waals surface area contributed by atoms with E-state index in [1.165, 1.54) is 12.6 Å². The molecule has 1 amide bonds. The number of amides is 1. The molecule has 2 N–H and O–H groups in total. The first kappa shape index (κ1) is 17.9. The molecule has 2 fully saturated rings. The fourth-order valence-corrected chi connectivity index (χ4v) is 3.75. The van der Waals surface area contributed by atoms with Crippen molar-refractivity contribution < 1.29 is 23.8 Å². The van der Waals surface area contributed by atoms with Crippen molar-refractivity contribution in [3.05, 3.63) is 42.9 Å². The predicted octanol–water partition coefficient (Wildman–Crippen LogP) is 0.0810. The van der Waals surface area contributed by atoms with Crippen LogP contribution in [-0.2, 0) is 4.74 Å². The van der Waals surface area contributed by atoms with Gasteiger partial charge in [0.2, 0.25) is 5.76 Å². The standard InChI is InChI=1S/C18H22N4O5/c23-17-14(27-12-2-1-3-19-9-12)8-13(16(17)22-4-6-25-7-5-22)21-18(24)15-10-20-11-26-15/h1-3,9-11,13-14,16-17,23H,4-8H2,(H,21,24)/t13-,14-,16+,17+/m1/s1. The van der Waals surface area contributed by atoms with Crippen molar-refractivity contribution in [2.45, 2.75) is 30.7 Å². The molecule has 144 valence electrons. The number of hydrogen-bond donors (Lipinski definition) is 2. The largest absolute Gasteiger partial charge is 0.486 e. The fraction of sp³-hybridized carbons (Fsp3) is 0.500. The molecule has 2 aromatic heterocycles. The number of pyridine rings is 1. The van der Waals surface area contributed by atoms with Gasteiger partial charge >= 0.3 is 0 Å². The van der Waals surface area contributed by atoms with E-state index >= 15 is 0 Å². The first-order valence-corrected chi connectivity index (χ1v) is 8.98. The number of aliphatic hydroxyl groups is 1. The van der Waals surface area contributed by atoms with Crippen molar-refractivity contribution in [3.63, 3.8) is 0 Å². The van der Waals surface area contributed by atoms with E-state index in [4.69, 9.17) is 13.9 Å². The molecule has 2 aromatic rings. The normalized spacial score (nSPS) is 28.8. The van der Waals surface area contributed by atoms with E-state index in [-0.39, 0.29) is 23.8 Å². The number of aromatic nitrogens is 2. The van der Waals surface area contributed by atoms with Crippen LogP contribution in [0.2, 0.25) is 0 Å². The lowest BCUT2D eigenvalue weighted by molar-refractivity contribution is -0.0351. The second kappa shape index (κ2) is 8.03. The summed E-state index contributed by atoms with van der Waals surface area (Å²) in [5.41, 5.74) is 0. The van der Waals surface area contributed by atoms with E-state index in [1.54, 1.807) is 24.5 Å². The van der Waals surface area contributed by atoms with E-state index in [0.29, 0.717) is 38.5 Å². The van der Waals surface area contributed by atoms with Crippen molar-refractivity contribution in [1.29, 1.82) is 0 Å². The third-order valence-corrected chi connectivity index (χ3v) is 4.99. The summed E-state index contributed by atoms with van der Waals surface area (Å²) >= 11 is 0. The second-order valence-corrected chi connectivity index (χ2v) is 6.66. The van der Waals surface area contributed by atoms with Gasteiger partial charge in [0, 0.05) is 25.7 Å². The van der Waals surface area contributed by atoms with Gasteiger partial charge in [0.05, 0.1) is 37.7 Å². The highest BCUT2D eigenvalue weighted by molar-refractivity contribution is 5.91. The Labute approximate surface area is 156 Å². The SMILES string of the molecule is O=C(N[C@@H]1C[C@@H](Oc2cccnc2)[C@H](O)[C@H]1N1CCOCC1)c1cnco1. The lowest BCUT2D eigenvalue weighted by Crippen LogP contribution is -2.56. The molecule has 0 aromatic carbocycles. The second-order valence-electron chi connectivity index (χ2n) is 6.66. The van der Waals surface area contributed by atoms with Crippen LogP contribution < -0.4 is 10.1 Å². The predicted molar refractivity (Wildman–Crippen MR) is 93.2 cm³/mol. The monoisotopic (exact) mass is 374 g/mol. The molecule has 3 heterocycles. The maximum absolute atomic E-state index is 12.4. The number of carbonyl (C=O) groups excluding carboxylic acids is 1. The zero-order valence-corrected chi connectivity index (χ0v) is 14.7. The number of oxazole rings is 1. The van der Waals surface area contributed by atoms with Crippen LogP contribution in [0.3, 0.4) is 0 Å². The van der Waals surface area contributed by atoms with Crippen molar-refractivity contribution >= 4 is 5.91 Å². The molecule has 1 aliphatic carbocycles. The summed E-state index contributed by atoms with van der Waals surface area (Å²) in [6.45, 7) is 2.58. The molecule has 1 saturated carbocycles. The van der Waals surface area contributed by atoms with Crippen LogP contribution in [0.4, 0.5) is 0 Å². The van der Waals surface area contributed by atoms with Gasteiger partial charge in [0.15, 0.2) is 6.39 Å². The van der Waals surface area contributed by atoms with Crippen molar-refractivity contribution in [3.8, 4) is 5.75 Å². The van der Waals surface area contributed by atoms with Crippen LogP contribution in [-0.4, -0.2) is 76.5 Å². The molecule has 9 heteroatoms. The molecule has 2 aliphatic rings. The maximum atomic E-state index is 12.4. The Morgan fingerprint density at radius 1 is 1.30 bits per heavy atom. The van der Waals surface area contributed by atoms with E-state index in [2.05, 4.69) is 20.2 Å². The van der Waals surface area contributed by atoms with E-state index < -0.39 is 12.2 Å². The quantitative estimate of drug-likeness (QED) is 0.757. The van der Waals surface area contributed by atoms with Gasteiger partial charge in [-0.25, -0.2) is 4.98 Å². The van der Waals surface area contributed by atoms with Gasteiger partial charge in [-0.15, -0.1) is 0 Å². The van der Waals surface area contributed by atoms with Gasteiger partial charge in [0.1, 0.15) is 18.0 Å². The molecular formula is C18H22N4O5. The minimum Gasteiger partial charge on any atom is -0.486 e. The lowest BCUT2D eigenvalue weighted by atomic mass is 10.1. The molecule has 0 unspecified atom stereocenters. The Balaban J connectivity index is 1.51. The summed E-state index contributed by atoms with van der Waals surface area (Å²) in [4.78, 5) is 22.4. The molecule has 9 nitrogen and oxygen atoms in total. The van der Waals surface area contributed by atoms with Crippen molar-refractivity contribution in [2.24, 2.45) is 0 Å². The number of aliphatic hydroxyl groups excluding tert-OH is 1. The Morgan fingerprint density at radius 2 is 2.15 bits per heavy atom.